The van der Waals surface area contributed by atoms with Gasteiger partial charge in [-0.05, 0) is 25.5 Å². The van der Waals surface area contributed by atoms with Gasteiger partial charge in [-0.15, -0.1) is 0 Å². The van der Waals surface area contributed by atoms with E-state index < -0.39 is 9.85 Å². The van der Waals surface area contributed by atoms with Crippen LogP contribution in [0.2, 0.25) is 0 Å². The zero-order chi connectivity index (χ0) is 13.5. The Bertz CT molecular complexity index is 450. The third-order valence-corrected chi connectivity index (χ3v) is 2.34. The molecule has 0 aliphatic rings. The lowest BCUT2D eigenvalue weighted by molar-refractivity contribution is -0.393. The van der Waals surface area contributed by atoms with Gasteiger partial charge in [-0.2, -0.15) is 0 Å². The van der Waals surface area contributed by atoms with E-state index in [1.54, 1.807) is 0 Å². The number of non-ortho nitro benzene ring substituents is 1. The lowest BCUT2D eigenvalue weighted by Crippen LogP contribution is -2.07. The van der Waals surface area contributed by atoms with Gasteiger partial charge in [0.15, 0.2) is 0 Å². The molecule has 1 rings (SSSR count). The highest BCUT2D eigenvalue weighted by atomic mass is 16.6. The minimum atomic E-state index is -0.662. The second-order valence-electron chi connectivity index (χ2n) is 3.64. The van der Waals surface area contributed by atoms with E-state index in [0.29, 0.717) is 13.1 Å². The van der Waals surface area contributed by atoms with Gasteiger partial charge >= 0.3 is 0 Å². The molecule has 0 saturated carbocycles. The Hall–Kier alpha value is -2.22. The van der Waals surface area contributed by atoms with Crippen molar-refractivity contribution in [2.24, 2.45) is 5.73 Å². The van der Waals surface area contributed by atoms with Gasteiger partial charge in [-0.25, -0.2) is 0 Å². The molecule has 0 spiro atoms. The molecule has 0 unspecified atom stereocenters. The minimum absolute atomic E-state index is 0.280. The lowest BCUT2D eigenvalue weighted by Gasteiger charge is -2.06. The smallest absolute Gasteiger partial charge is 0.299 e. The number of hydrogen-bond donors (Lipinski definition) is 2. The highest BCUT2D eigenvalue weighted by molar-refractivity contribution is 5.65. The summed E-state index contributed by atoms with van der Waals surface area (Å²) in [6.07, 6.45) is 1.60. The summed E-state index contributed by atoms with van der Waals surface area (Å²) in [5, 5.41) is 24.2. The maximum Gasteiger partial charge on any atom is 0.299 e. The summed E-state index contributed by atoms with van der Waals surface area (Å²) < 4.78 is 0. The molecule has 3 N–H and O–H groups in total. The van der Waals surface area contributed by atoms with Crippen molar-refractivity contribution in [1.82, 2.24) is 0 Å². The van der Waals surface area contributed by atoms with Crippen molar-refractivity contribution >= 4 is 17.1 Å². The molecule has 98 valence electrons. The van der Waals surface area contributed by atoms with E-state index in [0.717, 1.165) is 18.9 Å². The number of nitro groups is 2. The molecule has 0 bridgehead atoms. The second kappa shape index (κ2) is 6.50. The number of rotatable bonds is 7. The number of hydrogen-bond acceptors (Lipinski definition) is 6. The van der Waals surface area contributed by atoms with Crippen LogP contribution in [-0.2, 0) is 0 Å². The summed E-state index contributed by atoms with van der Waals surface area (Å²) in [6.45, 7) is 1.10. The van der Waals surface area contributed by atoms with Crippen molar-refractivity contribution in [3.05, 3.63) is 38.4 Å². The molecule has 1 aromatic carbocycles. The maximum absolute atomic E-state index is 10.8. The predicted molar refractivity (Wildman–Crippen MR) is 66.5 cm³/mol. The second-order valence-corrected chi connectivity index (χ2v) is 3.64. The number of benzene rings is 1. The van der Waals surface area contributed by atoms with Gasteiger partial charge in [0.05, 0.1) is 15.9 Å². The Labute approximate surface area is 103 Å². The van der Waals surface area contributed by atoms with Crippen LogP contribution >= 0.6 is 0 Å². The topological polar surface area (TPSA) is 124 Å². The number of nitrogens with zero attached hydrogens (tertiary/aromatic N) is 2. The first-order valence-corrected chi connectivity index (χ1v) is 5.43. The van der Waals surface area contributed by atoms with Crippen LogP contribution in [0.15, 0.2) is 18.2 Å². The summed E-state index contributed by atoms with van der Waals surface area (Å²) in [5.41, 5.74) is 5.02. The summed E-state index contributed by atoms with van der Waals surface area (Å²) in [7, 11) is 0. The molecule has 0 saturated heterocycles. The zero-order valence-corrected chi connectivity index (χ0v) is 9.67. The van der Waals surface area contributed by atoms with E-state index in [1.807, 2.05) is 0 Å². The highest BCUT2D eigenvalue weighted by Gasteiger charge is 2.18. The highest BCUT2D eigenvalue weighted by Crippen LogP contribution is 2.28. The van der Waals surface area contributed by atoms with Crippen LogP contribution < -0.4 is 11.1 Å². The molecule has 0 aliphatic heterocycles. The van der Waals surface area contributed by atoms with Gasteiger partial charge in [0.25, 0.3) is 11.4 Å². The number of anilines is 1. The van der Waals surface area contributed by atoms with Crippen LogP contribution in [-0.4, -0.2) is 22.9 Å². The van der Waals surface area contributed by atoms with E-state index in [-0.39, 0.29) is 17.1 Å². The summed E-state index contributed by atoms with van der Waals surface area (Å²) in [5.74, 6) is 0. The van der Waals surface area contributed by atoms with E-state index >= 15 is 0 Å². The molecule has 18 heavy (non-hydrogen) atoms. The molecule has 0 atom stereocenters. The predicted octanol–water partition coefficient (Wildman–Crippen LogP) is 1.65. The quantitative estimate of drug-likeness (QED) is 0.433. The fraction of sp³-hybridized carbons (Fsp3) is 0.400. The Morgan fingerprint density at radius 2 is 1.89 bits per heavy atom. The van der Waals surface area contributed by atoms with Gasteiger partial charge in [-0.1, -0.05) is 0 Å². The molecular weight excluding hydrogens is 240 g/mol. The zero-order valence-electron chi connectivity index (χ0n) is 9.67. The number of nitrogens with one attached hydrogen (secondary N) is 1. The number of nitro benzene ring substituents is 2. The summed E-state index contributed by atoms with van der Waals surface area (Å²) in [6, 6.07) is 3.53. The average Bonchev–Trinajstić information content (AvgIpc) is 2.34. The van der Waals surface area contributed by atoms with E-state index in [4.69, 9.17) is 5.73 Å². The van der Waals surface area contributed by atoms with Crippen LogP contribution in [0.3, 0.4) is 0 Å². The van der Waals surface area contributed by atoms with E-state index in [9.17, 15) is 20.2 Å². The molecule has 0 fully saturated rings. The van der Waals surface area contributed by atoms with Crippen molar-refractivity contribution in [3.8, 4) is 0 Å². The monoisotopic (exact) mass is 254 g/mol. The fourth-order valence-electron chi connectivity index (χ4n) is 1.43. The third-order valence-electron chi connectivity index (χ3n) is 2.34. The molecule has 1 aromatic rings. The largest absolute Gasteiger partial charge is 0.379 e. The van der Waals surface area contributed by atoms with E-state index in [1.165, 1.54) is 12.1 Å². The SMILES string of the molecule is NCCCCNc1ccc([N+](=O)[O-])cc1[N+](=O)[O-]. The van der Waals surface area contributed by atoms with Crippen LogP contribution in [0.1, 0.15) is 12.8 Å². The fourth-order valence-corrected chi connectivity index (χ4v) is 1.43. The van der Waals surface area contributed by atoms with Crippen molar-refractivity contribution in [1.29, 1.82) is 0 Å². The molecular formula is C10H14N4O4. The first kappa shape index (κ1) is 13.8. The standard InChI is InChI=1S/C10H14N4O4/c11-5-1-2-6-12-9-4-3-8(13(15)16)7-10(9)14(17)18/h3-4,7,12H,1-2,5-6,11H2. The Morgan fingerprint density at radius 1 is 1.17 bits per heavy atom. The van der Waals surface area contributed by atoms with Crippen LogP contribution in [0.4, 0.5) is 17.1 Å². The molecule has 0 aromatic heterocycles. The third kappa shape index (κ3) is 3.67. The van der Waals surface area contributed by atoms with Crippen LogP contribution in [0.5, 0.6) is 0 Å². The van der Waals surface area contributed by atoms with Gasteiger partial charge in [0, 0.05) is 12.6 Å². The van der Waals surface area contributed by atoms with Gasteiger partial charge < -0.3 is 11.1 Å². The van der Waals surface area contributed by atoms with Gasteiger partial charge in [0.2, 0.25) is 0 Å². The number of unbranched alkanes of at least 4 members (excludes halogenated alkanes) is 1. The molecule has 0 amide bonds. The van der Waals surface area contributed by atoms with Crippen LogP contribution in [0.25, 0.3) is 0 Å². The van der Waals surface area contributed by atoms with Crippen molar-refractivity contribution in [2.75, 3.05) is 18.4 Å². The molecule has 0 radical (unpaired) electrons. The molecule has 0 aliphatic carbocycles. The Morgan fingerprint density at radius 3 is 2.44 bits per heavy atom. The summed E-state index contributed by atoms with van der Waals surface area (Å²) >= 11 is 0. The number of nitrogens with two attached hydrogens (primary N) is 1. The first-order valence-electron chi connectivity index (χ1n) is 5.43. The summed E-state index contributed by atoms with van der Waals surface area (Å²) in [4.78, 5) is 20.0. The molecule has 8 heteroatoms. The van der Waals surface area contributed by atoms with E-state index in [2.05, 4.69) is 5.32 Å². The Balaban J connectivity index is 2.83. The minimum Gasteiger partial charge on any atom is -0.379 e. The molecule has 0 heterocycles. The Kier molecular flexibility index (Phi) is 5.00. The van der Waals surface area contributed by atoms with Gasteiger partial charge in [-0.3, -0.25) is 20.2 Å². The van der Waals surface area contributed by atoms with Gasteiger partial charge in [0.1, 0.15) is 5.69 Å². The lowest BCUT2D eigenvalue weighted by atomic mass is 10.2. The van der Waals surface area contributed by atoms with Crippen molar-refractivity contribution in [2.45, 2.75) is 12.8 Å². The van der Waals surface area contributed by atoms with Crippen molar-refractivity contribution < 1.29 is 9.85 Å². The maximum atomic E-state index is 10.8. The average molecular weight is 254 g/mol. The first-order chi connectivity index (χ1) is 8.56. The molecule has 8 nitrogen and oxygen atoms in total. The van der Waals surface area contributed by atoms with Crippen LogP contribution in [0, 0.1) is 20.2 Å². The normalized spacial score (nSPS) is 10.1. The van der Waals surface area contributed by atoms with Crippen molar-refractivity contribution in [3.63, 3.8) is 0 Å².